The molecule has 0 bridgehead atoms. The standard InChI is InChI=1S/C20H16FN3O3S/c21-15-4-3-5-16(12-15)22-20(25)14-10-8-13(9-11-14)19-23-17-6-1-2-7-18(17)28(26,27)24-19/h1-12,19,23-24H,(H,22,25)/t19-/m0/s1. The third-order valence-corrected chi connectivity index (χ3v) is 5.82. The Balaban J connectivity index is 1.53. The van der Waals surface area contributed by atoms with Crippen molar-refractivity contribution in [3.05, 3.63) is 89.7 Å². The fourth-order valence-corrected chi connectivity index (χ4v) is 4.28. The van der Waals surface area contributed by atoms with Gasteiger partial charge in [0.25, 0.3) is 5.91 Å². The van der Waals surface area contributed by atoms with Gasteiger partial charge in [0.05, 0.1) is 5.69 Å². The molecule has 3 aromatic carbocycles. The van der Waals surface area contributed by atoms with E-state index in [2.05, 4.69) is 15.4 Å². The third kappa shape index (κ3) is 3.60. The minimum absolute atomic E-state index is 0.192. The zero-order chi connectivity index (χ0) is 19.7. The molecular formula is C20H16FN3O3S. The molecule has 1 heterocycles. The topological polar surface area (TPSA) is 87.3 Å². The predicted octanol–water partition coefficient (Wildman–Crippen LogP) is 3.48. The molecule has 3 aromatic rings. The van der Waals surface area contributed by atoms with Gasteiger partial charge in [-0.15, -0.1) is 0 Å². The van der Waals surface area contributed by atoms with E-state index in [0.29, 0.717) is 22.5 Å². The Morgan fingerprint density at radius 1 is 0.964 bits per heavy atom. The molecule has 0 saturated heterocycles. The van der Waals surface area contributed by atoms with Crippen LogP contribution >= 0.6 is 0 Å². The molecular weight excluding hydrogens is 381 g/mol. The molecule has 3 N–H and O–H groups in total. The van der Waals surface area contributed by atoms with Crippen molar-refractivity contribution >= 4 is 27.3 Å². The van der Waals surface area contributed by atoms with Crippen LogP contribution in [-0.4, -0.2) is 14.3 Å². The fraction of sp³-hybridized carbons (Fsp3) is 0.0500. The third-order valence-electron chi connectivity index (χ3n) is 4.34. The van der Waals surface area contributed by atoms with Crippen LogP contribution in [0.1, 0.15) is 22.1 Å². The Labute approximate surface area is 161 Å². The first-order valence-electron chi connectivity index (χ1n) is 8.47. The number of carbonyl (C=O) groups is 1. The molecule has 1 aliphatic rings. The van der Waals surface area contributed by atoms with Gasteiger partial charge in [0.1, 0.15) is 16.9 Å². The normalized spacial score (nSPS) is 17.2. The van der Waals surface area contributed by atoms with Crippen molar-refractivity contribution in [2.24, 2.45) is 0 Å². The average Bonchev–Trinajstić information content (AvgIpc) is 2.67. The average molecular weight is 397 g/mol. The number of amides is 1. The summed E-state index contributed by atoms with van der Waals surface area (Å²) in [6, 6.07) is 18.7. The lowest BCUT2D eigenvalue weighted by Crippen LogP contribution is -2.38. The summed E-state index contributed by atoms with van der Waals surface area (Å²) >= 11 is 0. The van der Waals surface area contributed by atoms with Crippen LogP contribution in [0, 0.1) is 5.82 Å². The number of hydrogen-bond donors (Lipinski definition) is 3. The maximum atomic E-state index is 13.2. The van der Waals surface area contributed by atoms with Gasteiger partial charge in [-0.1, -0.05) is 30.3 Å². The summed E-state index contributed by atoms with van der Waals surface area (Å²) in [5.74, 6) is -0.830. The van der Waals surface area contributed by atoms with Crippen molar-refractivity contribution in [2.75, 3.05) is 10.6 Å². The molecule has 0 aromatic heterocycles. The van der Waals surface area contributed by atoms with Gasteiger partial charge in [-0.3, -0.25) is 4.79 Å². The highest BCUT2D eigenvalue weighted by atomic mass is 32.2. The minimum atomic E-state index is -3.64. The number of benzene rings is 3. The molecule has 0 fully saturated rings. The van der Waals surface area contributed by atoms with Crippen LogP contribution in [0.5, 0.6) is 0 Å². The van der Waals surface area contributed by atoms with Crippen LogP contribution in [0.3, 0.4) is 0 Å². The molecule has 0 aliphatic carbocycles. The maximum Gasteiger partial charge on any atom is 0.255 e. The number of halogens is 1. The number of anilines is 2. The number of para-hydroxylation sites is 1. The van der Waals surface area contributed by atoms with Gasteiger partial charge in [-0.2, -0.15) is 4.72 Å². The first-order valence-corrected chi connectivity index (χ1v) is 9.95. The Kier molecular flexibility index (Phi) is 4.58. The van der Waals surface area contributed by atoms with Gasteiger partial charge >= 0.3 is 0 Å². The number of sulfonamides is 1. The second-order valence-electron chi connectivity index (χ2n) is 6.28. The van der Waals surface area contributed by atoms with Crippen molar-refractivity contribution in [3.63, 3.8) is 0 Å². The predicted molar refractivity (Wildman–Crippen MR) is 104 cm³/mol. The summed E-state index contributed by atoms with van der Waals surface area (Å²) < 4.78 is 40.6. The van der Waals surface area contributed by atoms with E-state index < -0.39 is 22.0 Å². The van der Waals surface area contributed by atoms with Crippen molar-refractivity contribution < 1.29 is 17.6 Å². The van der Waals surface area contributed by atoms with E-state index in [0.717, 1.165) is 0 Å². The Morgan fingerprint density at radius 2 is 1.71 bits per heavy atom. The summed E-state index contributed by atoms with van der Waals surface area (Å²) in [4.78, 5) is 12.5. The zero-order valence-electron chi connectivity index (χ0n) is 14.5. The second-order valence-corrected chi connectivity index (χ2v) is 7.96. The van der Waals surface area contributed by atoms with Crippen molar-refractivity contribution in [1.82, 2.24) is 4.72 Å². The molecule has 6 nitrogen and oxygen atoms in total. The van der Waals surface area contributed by atoms with Gasteiger partial charge < -0.3 is 10.6 Å². The molecule has 0 saturated carbocycles. The number of hydrogen-bond acceptors (Lipinski definition) is 4. The summed E-state index contributed by atoms with van der Waals surface area (Å²) in [6.07, 6.45) is -0.653. The summed E-state index contributed by atoms with van der Waals surface area (Å²) in [5, 5.41) is 5.75. The van der Waals surface area contributed by atoms with E-state index in [1.165, 1.54) is 24.3 Å². The van der Waals surface area contributed by atoms with Crippen molar-refractivity contribution in [2.45, 2.75) is 11.1 Å². The van der Waals surface area contributed by atoms with E-state index in [-0.39, 0.29) is 10.8 Å². The molecule has 1 atom stereocenters. The van der Waals surface area contributed by atoms with Gasteiger partial charge in [0, 0.05) is 11.3 Å². The van der Waals surface area contributed by atoms with Crippen LogP contribution in [-0.2, 0) is 10.0 Å². The largest absolute Gasteiger partial charge is 0.364 e. The monoisotopic (exact) mass is 397 g/mol. The molecule has 142 valence electrons. The maximum absolute atomic E-state index is 13.2. The van der Waals surface area contributed by atoms with Crippen molar-refractivity contribution in [3.8, 4) is 0 Å². The second kappa shape index (κ2) is 7.06. The van der Waals surface area contributed by atoms with E-state index >= 15 is 0 Å². The first kappa shape index (κ1) is 18.1. The molecule has 0 spiro atoms. The highest BCUT2D eigenvalue weighted by Gasteiger charge is 2.29. The highest BCUT2D eigenvalue weighted by Crippen LogP contribution is 2.30. The first-order chi connectivity index (χ1) is 13.4. The smallest absolute Gasteiger partial charge is 0.255 e. The summed E-state index contributed by atoms with van der Waals surface area (Å²) in [6.45, 7) is 0. The van der Waals surface area contributed by atoms with E-state index in [9.17, 15) is 17.6 Å². The molecule has 8 heteroatoms. The Hall–Kier alpha value is -3.23. The lowest BCUT2D eigenvalue weighted by molar-refractivity contribution is 0.102. The van der Waals surface area contributed by atoms with Crippen LogP contribution in [0.2, 0.25) is 0 Å². The fourth-order valence-electron chi connectivity index (χ4n) is 2.97. The quantitative estimate of drug-likeness (QED) is 0.632. The minimum Gasteiger partial charge on any atom is -0.364 e. The van der Waals surface area contributed by atoms with Crippen molar-refractivity contribution in [1.29, 1.82) is 0 Å². The van der Waals surface area contributed by atoms with E-state index in [4.69, 9.17) is 0 Å². The highest BCUT2D eigenvalue weighted by molar-refractivity contribution is 7.89. The number of carbonyl (C=O) groups excluding carboxylic acids is 1. The lowest BCUT2D eigenvalue weighted by Gasteiger charge is -2.28. The van der Waals surface area contributed by atoms with Crippen LogP contribution in [0.25, 0.3) is 0 Å². The van der Waals surface area contributed by atoms with Gasteiger partial charge in [-0.05, 0) is 48.0 Å². The number of fused-ring (bicyclic) bond motifs is 1. The van der Waals surface area contributed by atoms with Gasteiger partial charge in [0.2, 0.25) is 10.0 Å². The molecule has 1 amide bonds. The van der Waals surface area contributed by atoms with Gasteiger partial charge in [-0.25, -0.2) is 12.8 Å². The molecule has 0 radical (unpaired) electrons. The van der Waals surface area contributed by atoms with Crippen LogP contribution in [0.4, 0.5) is 15.8 Å². The van der Waals surface area contributed by atoms with E-state index in [1.54, 1.807) is 48.5 Å². The molecule has 1 aliphatic heterocycles. The number of rotatable bonds is 3. The molecule has 0 unspecified atom stereocenters. The Bertz CT molecular complexity index is 1150. The Morgan fingerprint density at radius 3 is 2.46 bits per heavy atom. The number of nitrogens with one attached hydrogen (secondary N) is 3. The lowest BCUT2D eigenvalue weighted by atomic mass is 10.1. The summed E-state index contributed by atoms with van der Waals surface area (Å²) in [7, 11) is -3.64. The van der Waals surface area contributed by atoms with Crippen LogP contribution < -0.4 is 15.4 Å². The van der Waals surface area contributed by atoms with E-state index in [1.807, 2.05) is 0 Å². The zero-order valence-corrected chi connectivity index (χ0v) is 15.3. The van der Waals surface area contributed by atoms with Crippen LogP contribution in [0.15, 0.2) is 77.7 Å². The molecule has 28 heavy (non-hydrogen) atoms. The molecule has 4 rings (SSSR count). The SMILES string of the molecule is O=C(Nc1cccc(F)c1)c1ccc([C@H]2Nc3ccccc3S(=O)(=O)N2)cc1. The summed E-state index contributed by atoms with van der Waals surface area (Å²) in [5.41, 5.74) is 1.89. The van der Waals surface area contributed by atoms with Gasteiger partial charge in [0.15, 0.2) is 0 Å².